The van der Waals surface area contributed by atoms with Crippen molar-refractivity contribution in [3.63, 3.8) is 0 Å². The van der Waals surface area contributed by atoms with Gasteiger partial charge in [-0.25, -0.2) is 0 Å². The van der Waals surface area contributed by atoms with Crippen molar-refractivity contribution in [2.45, 2.75) is 119 Å². The Hall–Kier alpha value is -1.65. The minimum Gasteiger partial charge on any atom is -0.469 e. The molecule has 5 aliphatic rings. The third-order valence-electron chi connectivity index (χ3n) is 13.5. The standard InChI is InChI=1S/C33H50O5/c1-20(34)38-25-11-12-31(6)24(28(25,2)3)10-13-33(8)26(31)23(35)18-21-22-19-30(5,27(36)37-9)15-14-29(22,4)16-17-32(21,33)7/h18,22,24-26H,10-17,19H2,1-9H3/t22?,24?,25?,26?,29-,30+,31-,32-,33-/m0/s1. The zero-order valence-corrected chi connectivity index (χ0v) is 25.3. The van der Waals surface area contributed by atoms with E-state index in [9.17, 15) is 14.4 Å². The van der Waals surface area contributed by atoms with E-state index in [4.69, 9.17) is 9.47 Å². The molecule has 0 amide bonds. The molecule has 0 aromatic carbocycles. The van der Waals surface area contributed by atoms with E-state index in [1.807, 2.05) is 0 Å². The van der Waals surface area contributed by atoms with E-state index < -0.39 is 5.41 Å². The lowest BCUT2D eigenvalue weighted by molar-refractivity contribution is -0.210. The number of ketones is 1. The van der Waals surface area contributed by atoms with Gasteiger partial charge in [-0.15, -0.1) is 0 Å². The Bertz CT molecular complexity index is 1090. The number of hydrogen-bond acceptors (Lipinski definition) is 5. The van der Waals surface area contributed by atoms with Crippen molar-refractivity contribution < 1.29 is 23.9 Å². The number of fused-ring (bicyclic) bond motifs is 7. The van der Waals surface area contributed by atoms with Gasteiger partial charge in [0.2, 0.25) is 0 Å². The van der Waals surface area contributed by atoms with Crippen LogP contribution in [0.1, 0.15) is 113 Å². The smallest absolute Gasteiger partial charge is 0.311 e. The number of methoxy groups -OCH3 is 1. The van der Waals surface area contributed by atoms with Crippen molar-refractivity contribution in [2.75, 3.05) is 7.11 Å². The van der Waals surface area contributed by atoms with Crippen molar-refractivity contribution in [1.82, 2.24) is 0 Å². The lowest BCUT2D eigenvalue weighted by atomic mass is 9.33. The van der Waals surface area contributed by atoms with Crippen LogP contribution in [0.4, 0.5) is 0 Å². The number of ether oxygens (including phenoxy) is 2. The van der Waals surface area contributed by atoms with Gasteiger partial charge in [0.25, 0.3) is 0 Å². The van der Waals surface area contributed by atoms with Crippen LogP contribution in [0.5, 0.6) is 0 Å². The largest absolute Gasteiger partial charge is 0.469 e. The molecule has 4 unspecified atom stereocenters. The van der Waals surface area contributed by atoms with Crippen molar-refractivity contribution in [3.05, 3.63) is 11.6 Å². The first kappa shape index (κ1) is 27.9. The lowest BCUT2D eigenvalue weighted by Gasteiger charge is -2.70. The Kier molecular flexibility index (Phi) is 6.19. The van der Waals surface area contributed by atoms with E-state index in [-0.39, 0.29) is 57.0 Å². The van der Waals surface area contributed by atoms with Gasteiger partial charge in [-0.2, -0.15) is 0 Å². The molecule has 0 saturated heterocycles. The number of rotatable bonds is 2. The Morgan fingerprint density at radius 2 is 1.55 bits per heavy atom. The van der Waals surface area contributed by atoms with Gasteiger partial charge in [0.05, 0.1) is 12.5 Å². The van der Waals surface area contributed by atoms with Crippen molar-refractivity contribution in [3.8, 4) is 0 Å². The molecule has 4 fully saturated rings. The Balaban J connectivity index is 1.57. The highest BCUT2D eigenvalue weighted by molar-refractivity contribution is 5.95. The molecular weight excluding hydrogens is 476 g/mol. The number of hydrogen-bond donors (Lipinski definition) is 0. The van der Waals surface area contributed by atoms with E-state index >= 15 is 0 Å². The van der Waals surface area contributed by atoms with Gasteiger partial charge >= 0.3 is 11.9 Å². The molecule has 0 heterocycles. The zero-order valence-electron chi connectivity index (χ0n) is 25.3. The van der Waals surface area contributed by atoms with Gasteiger partial charge < -0.3 is 9.47 Å². The number of esters is 2. The van der Waals surface area contributed by atoms with Crippen LogP contribution in [0, 0.1) is 50.2 Å². The van der Waals surface area contributed by atoms with Crippen LogP contribution in [0.3, 0.4) is 0 Å². The first-order chi connectivity index (χ1) is 17.5. The maximum Gasteiger partial charge on any atom is 0.311 e. The Morgan fingerprint density at radius 1 is 0.895 bits per heavy atom. The SMILES string of the molecule is COC(=O)[C@]1(C)CC[C@@]2(C)CC[C@@]3(C)C(=CC(=O)C4[C@@]5(C)CCC(OC(C)=O)C(C)(C)C5CC[C@@]43C)C2C1. The normalized spacial score (nSPS) is 49.4. The summed E-state index contributed by atoms with van der Waals surface area (Å²) in [6, 6.07) is 0. The summed E-state index contributed by atoms with van der Waals surface area (Å²) in [7, 11) is 1.50. The molecule has 0 aromatic heterocycles. The van der Waals surface area contributed by atoms with Crippen LogP contribution in [0.2, 0.25) is 0 Å². The Labute approximate surface area is 229 Å². The van der Waals surface area contributed by atoms with Gasteiger partial charge in [0.15, 0.2) is 5.78 Å². The van der Waals surface area contributed by atoms with E-state index in [1.54, 1.807) is 0 Å². The number of carbonyl (C=O) groups is 3. The van der Waals surface area contributed by atoms with Gasteiger partial charge in [0.1, 0.15) is 6.10 Å². The minimum atomic E-state index is -0.498. The van der Waals surface area contributed by atoms with Crippen LogP contribution in [-0.2, 0) is 23.9 Å². The second-order valence-electron chi connectivity index (χ2n) is 15.7. The quantitative estimate of drug-likeness (QED) is 0.360. The summed E-state index contributed by atoms with van der Waals surface area (Å²) in [5.41, 5.74) is 0.416. The van der Waals surface area contributed by atoms with Crippen LogP contribution in [0.25, 0.3) is 0 Å². The van der Waals surface area contributed by atoms with E-state index in [1.165, 1.54) is 19.6 Å². The van der Waals surface area contributed by atoms with Crippen LogP contribution in [-0.4, -0.2) is 30.9 Å². The average molecular weight is 527 g/mol. The third kappa shape index (κ3) is 3.51. The fourth-order valence-corrected chi connectivity index (χ4v) is 11.0. The second-order valence-corrected chi connectivity index (χ2v) is 15.7. The van der Waals surface area contributed by atoms with Gasteiger partial charge in [0, 0.05) is 18.3 Å². The summed E-state index contributed by atoms with van der Waals surface area (Å²) in [4.78, 5) is 39.2. The molecule has 38 heavy (non-hydrogen) atoms. The highest BCUT2D eigenvalue weighted by atomic mass is 16.5. The molecule has 0 bridgehead atoms. The fourth-order valence-electron chi connectivity index (χ4n) is 11.0. The molecule has 0 spiro atoms. The first-order valence-electron chi connectivity index (χ1n) is 15.0. The molecule has 5 heteroatoms. The molecule has 0 radical (unpaired) electrons. The van der Waals surface area contributed by atoms with Crippen molar-refractivity contribution in [1.29, 1.82) is 0 Å². The van der Waals surface area contributed by atoms with Gasteiger partial charge in [-0.05, 0) is 104 Å². The highest BCUT2D eigenvalue weighted by Crippen LogP contribution is 2.75. The molecule has 0 N–H and O–H groups in total. The molecule has 5 nitrogen and oxygen atoms in total. The van der Waals surface area contributed by atoms with Gasteiger partial charge in [-0.1, -0.05) is 47.1 Å². The molecule has 5 aliphatic carbocycles. The van der Waals surface area contributed by atoms with Gasteiger partial charge in [-0.3, -0.25) is 14.4 Å². The van der Waals surface area contributed by atoms with Crippen molar-refractivity contribution >= 4 is 17.7 Å². The number of allylic oxidation sites excluding steroid dienone is 2. The predicted octanol–water partition coefficient (Wildman–Crippen LogP) is 7.07. The highest BCUT2D eigenvalue weighted by Gasteiger charge is 2.70. The summed E-state index contributed by atoms with van der Waals surface area (Å²) in [5, 5.41) is 0. The minimum absolute atomic E-state index is 0.0417. The van der Waals surface area contributed by atoms with Crippen LogP contribution >= 0.6 is 0 Å². The molecule has 0 aliphatic heterocycles. The second kappa shape index (κ2) is 8.43. The molecule has 0 aromatic rings. The molecular formula is C33H50O5. The first-order valence-corrected chi connectivity index (χ1v) is 15.0. The topological polar surface area (TPSA) is 69.7 Å². The average Bonchev–Trinajstić information content (AvgIpc) is 2.82. The molecule has 9 atom stereocenters. The zero-order chi connectivity index (χ0) is 28.1. The fraction of sp³-hybridized carbons (Fsp3) is 0.848. The van der Waals surface area contributed by atoms with Crippen molar-refractivity contribution in [2.24, 2.45) is 50.2 Å². The summed E-state index contributed by atoms with van der Waals surface area (Å²) in [5.74, 6) is 0.474. The van der Waals surface area contributed by atoms with E-state index in [0.717, 1.165) is 57.8 Å². The molecule has 5 rings (SSSR count). The number of carbonyl (C=O) groups excluding carboxylic acids is 3. The van der Waals surface area contributed by atoms with E-state index in [0.29, 0.717) is 11.7 Å². The maximum atomic E-state index is 14.4. The lowest BCUT2D eigenvalue weighted by Crippen LogP contribution is -2.66. The Morgan fingerprint density at radius 3 is 2.18 bits per heavy atom. The van der Waals surface area contributed by atoms with Crippen LogP contribution < -0.4 is 0 Å². The monoisotopic (exact) mass is 526 g/mol. The summed E-state index contributed by atoms with van der Waals surface area (Å²) >= 11 is 0. The predicted molar refractivity (Wildman–Crippen MR) is 147 cm³/mol. The summed E-state index contributed by atoms with van der Waals surface area (Å²) < 4.78 is 11.1. The maximum absolute atomic E-state index is 14.4. The molecule has 4 saturated carbocycles. The third-order valence-corrected chi connectivity index (χ3v) is 13.5. The molecule has 212 valence electrons. The van der Waals surface area contributed by atoms with E-state index in [2.05, 4.69) is 54.5 Å². The van der Waals surface area contributed by atoms with Crippen LogP contribution in [0.15, 0.2) is 11.6 Å². The summed E-state index contributed by atoms with van der Waals surface area (Å²) in [6.45, 7) is 17.7. The summed E-state index contributed by atoms with van der Waals surface area (Å²) in [6.07, 6.45) is 10.6.